The summed E-state index contributed by atoms with van der Waals surface area (Å²) < 4.78 is 5.20. The summed E-state index contributed by atoms with van der Waals surface area (Å²) in [6.45, 7) is 1.52. The van der Waals surface area contributed by atoms with E-state index < -0.39 is 16.0 Å². The second-order valence-electron chi connectivity index (χ2n) is 4.55. The van der Waals surface area contributed by atoms with E-state index in [2.05, 4.69) is 0 Å². The first kappa shape index (κ1) is 14.8. The smallest absolute Gasteiger partial charge is 0.280 e. The third-order valence-corrected chi connectivity index (χ3v) is 3.16. The maximum atomic E-state index is 11.0. The van der Waals surface area contributed by atoms with Crippen LogP contribution in [0.4, 0.5) is 11.4 Å². The molecule has 1 fully saturated rings. The Bertz CT molecular complexity index is 612. The first-order chi connectivity index (χ1) is 10.0. The molecule has 9 heteroatoms. The number of morpholine rings is 1. The summed E-state index contributed by atoms with van der Waals surface area (Å²) >= 11 is 0. The predicted octanol–water partition coefficient (Wildman–Crippen LogP) is 1.23. The third-order valence-electron chi connectivity index (χ3n) is 3.16. The zero-order valence-corrected chi connectivity index (χ0v) is 11.0. The summed E-state index contributed by atoms with van der Waals surface area (Å²) in [6, 6.07) is 5.57. The topological polar surface area (TPSA) is 123 Å². The van der Waals surface area contributed by atoms with Crippen molar-refractivity contribution in [1.29, 1.82) is 5.26 Å². The highest BCUT2D eigenvalue weighted by molar-refractivity contribution is 5.49. The summed E-state index contributed by atoms with van der Waals surface area (Å²) in [6.07, 6.45) is -0.559. The summed E-state index contributed by atoms with van der Waals surface area (Å²) in [7, 11) is 0. The summed E-state index contributed by atoms with van der Waals surface area (Å²) in [5.74, 6) is 0. The van der Waals surface area contributed by atoms with Gasteiger partial charge in [-0.05, 0) is 6.07 Å². The first-order valence-corrected chi connectivity index (χ1v) is 6.16. The van der Waals surface area contributed by atoms with Gasteiger partial charge in [-0.2, -0.15) is 5.26 Å². The van der Waals surface area contributed by atoms with E-state index in [1.54, 1.807) is 0 Å². The Morgan fingerprint density at radius 1 is 1.38 bits per heavy atom. The molecule has 0 spiro atoms. The van der Waals surface area contributed by atoms with Gasteiger partial charge in [0, 0.05) is 31.3 Å². The zero-order valence-electron chi connectivity index (χ0n) is 11.0. The number of rotatable bonds is 4. The maximum absolute atomic E-state index is 11.0. The van der Waals surface area contributed by atoms with Crippen LogP contribution < -0.4 is 0 Å². The molecule has 0 radical (unpaired) electrons. The van der Waals surface area contributed by atoms with E-state index in [9.17, 15) is 20.2 Å². The number of nitriles is 1. The summed E-state index contributed by atoms with van der Waals surface area (Å²) in [4.78, 5) is 22.3. The lowest BCUT2D eigenvalue weighted by molar-refractivity contribution is -0.394. The molecule has 0 N–H and O–H groups in total. The minimum absolute atomic E-state index is 0.246. The van der Waals surface area contributed by atoms with Crippen molar-refractivity contribution in [3.8, 4) is 6.07 Å². The molecule has 1 saturated heterocycles. The van der Waals surface area contributed by atoms with Crippen molar-refractivity contribution >= 4 is 11.4 Å². The highest BCUT2D eigenvalue weighted by Gasteiger charge is 2.24. The van der Waals surface area contributed by atoms with Crippen LogP contribution in [0.3, 0.4) is 0 Å². The molecule has 0 bridgehead atoms. The molecule has 1 aliphatic rings. The Morgan fingerprint density at radius 3 is 2.76 bits per heavy atom. The van der Waals surface area contributed by atoms with E-state index in [0.29, 0.717) is 25.3 Å². The zero-order chi connectivity index (χ0) is 15.4. The van der Waals surface area contributed by atoms with Gasteiger partial charge in [-0.1, -0.05) is 0 Å². The van der Waals surface area contributed by atoms with Crippen molar-refractivity contribution in [2.75, 3.05) is 19.7 Å². The van der Waals surface area contributed by atoms with Gasteiger partial charge in [0.15, 0.2) is 6.10 Å². The van der Waals surface area contributed by atoms with E-state index in [0.717, 1.165) is 6.07 Å². The lowest BCUT2D eigenvalue weighted by Crippen LogP contribution is -2.41. The Kier molecular flexibility index (Phi) is 4.42. The number of nitro benzene ring substituents is 2. The highest BCUT2D eigenvalue weighted by Crippen LogP contribution is 2.26. The molecule has 1 heterocycles. The minimum atomic E-state index is -0.669. The Morgan fingerprint density at radius 2 is 2.14 bits per heavy atom. The molecule has 1 unspecified atom stereocenters. The standard InChI is InChI=1S/C12H12N4O5/c13-6-11-8-14(3-4-21-11)7-9-1-2-10(15(17)18)5-12(9)16(19)20/h1-2,5,11H,3-4,7-8H2. The fourth-order valence-electron chi connectivity index (χ4n) is 2.13. The average Bonchev–Trinajstić information content (AvgIpc) is 2.47. The van der Waals surface area contributed by atoms with E-state index in [-0.39, 0.29) is 17.9 Å². The van der Waals surface area contributed by atoms with Crippen LogP contribution in [0.25, 0.3) is 0 Å². The molecule has 0 aromatic heterocycles. The molecule has 9 nitrogen and oxygen atoms in total. The van der Waals surface area contributed by atoms with Crippen molar-refractivity contribution in [3.05, 3.63) is 44.0 Å². The van der Waals surface area contributed by atoms with Crippen LogP contribution in [0, 0.1) is 31.6 Å². The molecule has 0 aliphatic carbocycles. The number of non-ortho nitro benzene ring substituents is 1. The second kappa shape index (κ2) is 6.25. The van der Waals surface area contributed by atoms with Gasteiger partial charge < -0.3 is 4.74 Å². The number of nitro groups is 2. The molecule has 1 atom stereocenters. The third kappa shape index (κ3) is 3.50. The van der Waals surface area contributed by atoms with Crippen LogP contribution in [-0.2, 0) is 11.3 Å². The van der Waals surface area contributed by atoms with Gasteiger partial charge in [0.1, 0.15) is 0 Å². The molecule has 0 amide bonds. The van der Waals surface area contributed by atoms with Crippen LogP contribution in [0.5, 0.6) is 0 Å². The van der Waals surface area contributed by atoms with Gasteiger partial charge in [0.2, 0.25) is 0 Å². The average molecular weight is 292 g/mol. The number of hydrogen-bond donors (Lipinski definition) is 0. The molecule has 1 aromatic rings. The first-order valence-electron chi connectivity index (χ1n) is 6.16. The van der Waals surface area contributed by atoms with Crippen LogP contribution in [-0.4, -0.2) is 40.5 Å². The fourth-order valence-corrected chi connectivity index (χ4v) is 2.13. The van der Waals surface area contributed by atoms with Gasteiger partial charge in [0.25, 0.3) is 11.4 Å². The number of nitrogens with zero attached hydrogens (tertiary/aromatic N) is 4. The van der Waals surface area contributed by atoms with Crippen LogP contribution in [0.1, 0.15) is 5.56 Å². The molecule has 110 valence electrons. The molecule has 1 aliphatic heterocycles. The van der Waals surface area contributed by atoms with E-state index in [1.165, 1.54) is 12.1 Å². The van der Waals surface area contributed by atoms with E-state index in [1.807, 2.05) is 11.0 Å². The van der Waals surface area contributed by atoms with Gasteiger partial charge in [-0.15, -0.1) is 0 Å². The lowest BCUT2D eigenvalue weighted by atomic mass is 10.1. The van der Waals surface area contributed by atoms with Crippen LogP contribution in [0.15, 0.2) is 18.2 Å². The molecule has 0 saturated carbocycles. The van der Waals surface area contributed by atoms with Crippen molar-refractivity contribution in [2.45, 2.75) is 12.6 Å². The SMILES string of the molecule is N#CC1CN(Cc2ccc([N+](=O)[O-])cc2[N+](=O)[O-])CCO1. The Labute approximate surface area is 119 Å². The number of hydrogen-bond acceptors (Lipinski definition) is 7. The van der Waals surface area contributed by atoms with Gasteiger partial charge in [-0.25, -0.2) is 0 Å². The predicted molar refractivity (Wildman–Crippen MR) is 70.4 cm³/mol. The van der Waals surface area contributed by atoms with E-state index in [4.69, 9.17) is 10.00 Å². The molecule has 21 heavy (non-hydrogen) atoms. The number of benzene rings is 1. The molecular formula is C12H12N4O5. The largest absolute Gasteiger partial charge is 0.361 e. The monoisotopic (exact) mass is 292 g/mol. The normalized spacial score (nSPS) is 18.9. The maximum Gasteiger partial charge on any atom is 0.280 e. The summed E-state index contributed by atoms with van der Waals surface area (Å²) in [5, 5.41) is 30.6. The van der Waals surface area contributed by atoms with Crippen LogP contribution in [0.2, 0.25) is 0 Å². The Hall–Kier alpha value is -2.57. The quantitative estimate of drug-likeness (QED) is 0.603. The summed E-state index contributed by atoms with van der Waals surface area (Å²) in [5.41, 5.74) is -0.226. The minimum Gasteiger partial charge on any atom is -0.361 e. The van der Waals surface area contributed by atoms with Crippen molar-refractivity contribution < 1.29 is 14.6 Å². The highest BCUT2D eigenvalue weighted by atomic mass is 16.6. The number of ether oxygens (including phenoxy) is 1. The second-order valence-corrected chi connectivity index (χ2v) is 4.55. The molecule has 2 rings (SSSR count). The van der Waals surface area contributed by atoms with Crippen molar-refractivity contribution in [1.82, 2.24) is 4.90 Å². The van der Waals surface area contributed by atoms with Gasteiger partial charge in [-0.3, -0.25) is 25.1 Å². The van der Waals surface area contributed by atoms with Crippen molar-refractivity contribution in [2.24, 2.45) is 0 Å². The van der Waals surface area contributed by atoms with Gasteiger partial charge >= 0.3 is 0 Å². The van der Waals surface area contributed by atoms with Crippen LogP contribution >= 0.6 is 0 Å². The lowest BCUT2D eigenvalue weighted by Gasteiger charge is -2.29. The van der Waals surface area contributed by atoms with Gasteiger partial charge in [0.05, 0.1) is 28.6 Å². The fraction of sp³-hybridized carbons (Fsp3) is 0.417. The van der Waals surface area contributed by atoms with Crippen molar-refractivity contribution in [3.63, 3.8) is 0 Å². The molecular weight excluding hydrogens is 280 g/mol. The molecule has 1 aromatic carbocycles. The Balaban J connectivity index is 2.21. The van der Waals surface area contributed by atoms with E-state index >= 15 is 0 Å².